The molecule has 8 heteroatoms. The molecule has 0 radical (unpaired) electrons. The zero-order chi connectivity index (χ0) is 15.1. The molecular formula is C14H14N8. The third kappa shape index (κ3) is 1.98. The van der Waals surface area contributed by atoms with Gasteiger partial charge in [0.25, 0.3) is 0 Å². The van der Waals surface area contributed by atoms with E-state index in [2.05, 4.69) is 31.1 Å². The maximum absolute atomic E-state index is 8.90. The van der Waals surface area contributed by atoms with E-state index in [0.29, 0.717) is 11.2 Å². The molecule has 0 aliphatic carbocycles. The summed E-state index contributed by atoms with van der Waals surface area (Å²) in [4.78, 5) is 10.9. The molecule has 0 N–H and O–H groups in total. The van der Waals surface area contributed by atoms with Gasteiger partial charge in [-0.2, -0.15) is 15.5 Å². The van der Waals surface area contributed by atoms with Gasteiger partial charge in [-0.05, 0) is 6.42 Å². The van der Waals surface area contributed by atoms with Crippen LogP contribution in [0.3, 0.4) is 0 Å². The van der Waals surface area contributed by atoms with Crippen molar-refractivity contribution in [2.45, 2.75) is 12.5 Å². The van der Waals surface area contributed by atoms with Crippen LogP contribution in [0.15, 0.2) is 24.9 Å². The van der Waals surface area contributed by atoms with Gasteiger partial charge in [-0.3, -0.25) is 9.36 Å². The fourth-order valence-corrected chi connectivity index (χ4v) is 2.94. The number of anilines is 1. The van der Waals surface area contributed by atoms with E-state index in [1.807, 2.05) is 17.9 Å². The van der Waals surface area contributed by atoms with Crippen LogP contribution in [0, 0.1) is 11.3 Å². The molecule has 1 aliphatic heterocycles. The number of rotatable bonds is 2. The standard InChI is InChI=1S/C14H14N8/c1-20-8-12-13(19-20)16-9-17-14(12)21-3-2-11(7-21)22-6-10(4-15)5-18-22/h5-6,8-9,11H,2-3,7H2,1H3. The summed E-state index contributed by atoms with van der Waals surface area (Å²) in [6.07, 6.45) is 7.87. The Balaban J connectivity index is 1.63. The van der Waals surface area contributed by atoms with Gasteiger partial charge in [0.2, 0.25) is 0 Å². The lowest BCUT2D eigenvalue weighted by Gasteiger charge is -2.17. The van der Waals surface area contributed by atoms with Gasteiger partial charge >= 0.3 is 0 Å². The molecule has 3 aromatic heterocycles. The van der Waals surface area contributed by atoms with Gasteiger partial charge in [-0.15, -0.1) is 0 Å². The van der Waals surface area contributed by atoms with Crippen molar-refractivity contribution in [1.82, 2.24) is 29.5 Å². The van der Waals surface area contributed by atoms with Gasteiger partial charge < -0.3 is 4.90 Å². The molecule has 110 valence electrons. The predicted octanol–water partition coefficient (Wildman–Crippen LogP) is 0.883. The summed E-state index contributed by atoms with van der Waals surface area (Å²) in [5.74, 6) is 0.910. The van der Waals surface area contributed by atoms with Crippen LogP contribution in [-0.4, -0.2) is 42.6 Å². The topological polar surface area (TPSA) is 88.5 Å². The van der Waals surface area contributed by atoms with E-state index in [9.17, 15) is 0 Å². The van der Waals surface area contributed by atoms with Gasteiger partial charge in [0.05, 0.1) is 23.2 Å². The van der Waals surface area contributed by atoms with Gasteiger partial charge in [0, 0.05) is 32.5 Å². The second kappa shape index (κ2) is 4.80. The van der Waals surface area contributed by atoms with Crippen molar-refractivity contribution < 1.29 is 0 Å². The van der Waals surface area contributed by atoms with Crippen molar-refractivity contribution in [1.29, 1.82) is 5.26 Å². The predicted molar refractivity (Wildman–Crippen MR) is 79.1 cm³/mol. The largest absolute Gasteiger partial charge is 0.354 e. The molecule has 4 heterocycles. The molecule has 3 aromatic rings. The highest BCUT2D eigenvalue weighted by molar-refractivity contribution is 5.86. The average molecular weight is 294 g/mol. The molecule has 0 aromatic carbocycles. The molecule has 4 rings (SSSR count). The summed E-state index contributed by atoms with van der Waals surface area (Å²) in [6, 6.07) is 2.37. The first-order valence-corrected chi connectivity index (χ1v) is 7.08. The normalized spacial score (nSPS) is 18.0. The lowest BCUT2D eigenvalue weighted by Crippen LogP contribution is -2.22. The maximum atomic E-state index is 8.90. The second-order valence-corrected chi connectivity index (χ2v) is 5.45. The Morgan fingerprint density at radius 3 is 3.05 bits per heavy atom. The van der Waals surface area contributed by atoms with E-state index < -0.39 is 0 Å². The summed E-state index contributed by atoms with van der Waals surface area (Å²) in [6.45, 7) is 1.71. The van der Waals surface area contributed by atoms with E-state index in [1.54, 1.807) is 23.4 Å². The minimum Gasteiger partial charge on any atom is -0.354 e. The van der Waals surface area contributed by atoms with Crippen molar-refractivity contribution in [3.8, 4) is 6.07 Å². The summed E-state index contributed by atoms with van der Waals surface area (Å²) in [5, 5.41) is 18.5. The molecule has 1 atom stereocenters. The Morgan fingerprint density at radius 2 is 2.23 bits per heavy atom. The Kier molecular flexibility index (Phi) is 2.79. The first kappa shape index (κ1) is 12.8. The highest BCUT2D eigenvalue weighted by atomic mass is 15.3. The smallest absolute Gasteiger partial charge is 0.186 e. The maximum Gasteiger partial charge on any atom is 0.186 e. The highest BCUT2D eigenvalue weighted by Crippen LogP contribution is 2.29. The van der Waals surface area contributed by atoms with Gasteiger partial charge in [0.15, 0.2) is 5.65 Å². The molecule has 8 nitrogen and oxygen atoms in total. The van der Waals surface area contributed by atoms with Gasteiger partial charge in [0.1, 0.15) is 18.2 Å². The average Bonchev–Trinajstić information content (AvgIpc) is 3.24. The summed E-state index contributed by atoms with van der Waals surface area (Å²) in [5.41, 5.74) is 1.30. The molecule has 22 heavy (non-hydrogen) atoms. The summed E-state index contributed by atoms with van der Waals surface area (Å²) < 4.78 is 3.63. The molecular weight excluding hydrogens is 280 g/mol. The number of aryl methyl sites for hydroxylation is 1. The molecule has 0 saturated carbocycles. The zero-order valence-corrected chi connectivity index (χ0v) is 12.1. The second-order valence-electron chi connectivity index (χ2n) is 5.45. The number of nitrogens with zero attached hydrogens (tertiary/aromatic N) is 8. The number of fused-ring (bicyclic) bond motifs is 1. The molecule has 0 spiro atoms. The fraction of sp³-hybridized carbons (Fsp3) is 0.357. The lowest BCUT2D eigenvalue weighted by atomic mass is 10.3. The quantitative estimate of drug-likeness (QED) is 0.697. The molecule has 1 fully saturated rings. The number of hydrogen-bond donors (Lipinski definition) is 0. The Bertz CT molecular complexity index is 870. The van der Waals surface area contributed by atoms with Gasteiger partial charge in [-0.25, -0.2) is 9.97 Å². The number of hydrogen-bond acceptors (Lipinski definition) is 6. The summed E-state index contributed by atoms with van der Waals surface area (Å²) >= 11 is 0. The van der Waals surface area contributed by atoms with Crippen LogP contribution in [0.5, 0.6) is 0 Å². The Hall–Kier alpha value is -2.95. The third-order valence-corrected chi connectivity index (χ3v) is 3.98. The summed E-state index contributed by atoms with van der Waals surface area (Å²) in [7, 11) is 1.88. The van der Waals surface area contributed by atoms with E-state index in [4.69, 9.17) is 5.26 Å². The molecule has 1 saturated heterocycles. The van der Waals surface area contributed by atoms with Crippen LogP contribution < -0.4 is 4.90 Å². The van der Waals surface area contributed by atoms with Crippen molar-refractivity contribution >= 4 is 16.9 Å². The first-order valence-electron chi connectivity index (χ1n) is 7.08. The monoisotopic (exact) mass is 294 g/mol. The van der Waals surface area contributed by atoms with Crippen LogP contribution >= 0.6 is 0 Å². The van der Waals surface area contributed by atoms with Gasteiger partial charge in [-0.1, -0.05) is 0 Å². The van der Waals surface area contributed by atoms with Crippen LogP contribution in [0.25, 0.3) is 11.0 Å². The van der Waals surface area contributed by atoms with Crippen molar-refractivity contribution in [2.24, 2.45) is 7.05 Å². The van der Waals surface area contributed by atoms with Crippen LogP contribution in [0.2, 0.25) is 0 Å². The molecule has 0 bridgehead atoms. The number of nitriles is 1. The highest BCUT2D eigenvalue weighted by Gasteiger charge is 2.27. The van der Waals surface area contributed by atoms with Crippen molar-refractivity contribution in [3.63, 3.8) is 0 Å². The SMILES string of the molecule is Cn1cc2c(N3CCC(n4cc(C#N)cn4)C3)ncnc2n1. The minimum absolute atomic E-state index is 0.254. The molecule has 1 aliphatic rings. The first-order chi connectivity index (χ1) is 10.7. The minimum atomic E-state index is 0.254. The van der Waals surface area contributed by atoms with E-state index >= 15 is 0 Å². The fourth-order valence-electron chi connectivity index (χ4n) is 2.94. The molecule has 1 unspecified atom stereocenters. The third-order valence-electron chi connectivity index (χ3n) is 3.98. The van der Waals surface area contributed by atoms with Crippen molar-refractivity contribution in [3.05, 3.63) is 30.5 Å². The number of aromatic nitrogens is 6. The lowest BCUT2D eigenvalue weighted by molar-refractivity contribution is 0.494. The van der Waals surface area contributed by atoms with Crippen LogP contribution in [0.4, 0.5) is 5.82 Å². The Morgan fingerprint density at radius 1 is 1.32 bits per heavy atom. The van der Waals surface area contributed by atoms with Crippen LogP contribution in [0.1, 0.15) is 18.0 Å². The van der Waals surface area contributed by atoms with E-state index in [-0.39, 0.29) is 6.04 Å². The van der Waals surface area contributed by atoms with Crippen molar-refractivity contribution in [2.75, 3.05) is 18.0 Å². The van der Waals surface area contributed by atoms with E-state index in [1.165, 1.54) is 0 Å². The Labute approximate surface area is 126 Å². The van der Waals surface area contributed by atoms with Crippen LogP contribution in [-0.2, 0) is 7.05 Å². The zero-order valence-electron chi connectivity index (χ0n) is 12.1. The van der Waals surface area contributed by atoms with E-state index in [0.717, 1.165) is 30.7 Å². The molecule has 0 amide bonds.